The van der Waals surface area contributed by atoms with Crippen LogP contribution in [0.25, 0.3) is 0 Å². The molecular formula is C21H18N2O4S2. The highest BCUT2D eigenvalue weighted by molar-refractivity contribution is 7.12. The molecule has 0 aliphatic carbocycles. The van der Waals surface area contributed by atoms with E-state index in [-0.39, 0.29) is 24.1 Å². The summed E-state index contributed by atoms with van der Waals surface area (Å²) in [5.41, 5.74) is 1.14. The van der Waals surface area contributed by atoms with Gasteiger partial charge in [0.15, 0.2) is 6.61 Å². The molecule has 0 radical (unpaired) electrons. The number of rotatable bonds is 6. The summed E-state index contributed by atoms with van der Waals surface area (Å²) < 4.78 is 10.4. The molecule has 3 heterocycles. The molecule has 1 aromatic carbocycles. The minimum atomic E-state index is -0.606. The number of carbonyl (C=O) groups excluding carboxylic acids is 2. The van der Waals surface area contributed by atoms with Crippen LogP contribution in [0.3, 0.4) is 0 Å². The Kier molecular flexibility index (Phi) is 5.73. The third kappa shape index (κ3) is 4.08. The van der Waals surface area contributed by atoms with Gasteiger partial charge in [0, 0.05) is 11.3 Å². The lowest BCUT2D eigenvalue weighted by Gasteiger charge is -2.20. The van der Waals surface area contributed by atoms with E-state index in [4.69, 9.17) is 9.47 Å². The number of thiophene rings is 2. The zero-order valence-electron chi connectivity index (χ0n) is 15.6. The lowest BCUT2D eigenvalue weighted by Crippen LogP contribution is -2.31. The van der Waals surface area contributed by atoms with Crippen molar-refractivity contribution in [1.29, 1.82) is 0 Å². The summed E-state index contributed by atoms with van der Waals surface area (Å²) >= 11 is 3.17. The van der Waals surface area contributed by atoms with Crippen molar-refractivity contribution in [3.8, 4) is 5.75 Å². The van der Waals surface area contributed by atoms with Gasteiger partial charge in [-0.25, -0.2) is 9.80 Å². The molecule has 0 fully saturated rings. The summed E-state index contributed by atoms with van der Waals surface area (Å²) in [4.78, 5) is 27.4. The summed E-state index contributed by atoms with van der Waals surface area (Å²) in [6.45, 7) is -0.389. The number of ether oxygens (including phenoxy) is 2. The Balaban J connectivity index is 1.50. The van der Waals surface area contributed by atoms with Crippen molar-refractivity contribution in [2.45, 2.75) is 12.5 Å². The van der Waals surface area contributed by atoms with Gasteiger partial charge in [-0.2, -0.15) is 5.10 Å². The average Bonchev–Trinajstić information content (AvgIpc) is 3.51. The molecule has 8 heteroatoms. The van der Waals surface area contributed by atoms with Gasteiger partial charge in [0.1, 0.15) is 11.3 Å². The van der Waals surface area contributed by atoms with Gasteiger partial charge in [-0.15, -0.1) is 22.7 Å². The Bertz CT molecular complexity index is 1030. The molecule has 0 N–H and O–H groups in total. The zero-order valence-corrected chi connectivity index (χ0v) is 17.2. The number of amides is 1. The molecule has 0 saturated heterocycles. The Morgan fingerprint density at radius 2 is 1.90 bits per heavy atom. The van der Waals surface area contributed by atoms with E-state index in [0.717, 1.165) is 15.5 Å². The normalized spacial score (nSPS) is 15.8. The Labute approximate surface area is 176 Å². The van der Waals surface area contributed by atoms with Gasteiger partial charge in [-0.3, -0.25) is 4.79 Å². The fourth-order valence-corrected chi connectivity index (χ4v) is 4.65. The molecule has 1 atom stereocenters. The molecular weight excluding hydrogens is 408 g/mol. The summed E-state index contributed by atoms with van der Waals surface area (Å²) in [6, 6.07) is 14.4. The Morgan fingerprint density at radius 3 is 2.62 bits per heavy atom. The van der Waals surface area contributed by atoms with Crippen molar-refractivity contribution in [3.05, 3.63) is 74.6 Å². The first-order valence-electron chi connectivity index (χ1n) is 8.94. The Hall–Kier alpha value is -2.97. The van der Waals surface area contributed by atoms with E-state index < -0.39 is 5.97 Å². The molecule has 1 unspecified atom stereocenters. The van der Waals surface area contributed by atoms with Crippen LogP contribution in [0.15, 0.2) is 64.4 Å². The molecule has 6 nitrogen and oxygen atoms in total. The molecule has 29 heavy (non-hydrogen) atoms. The third-order valence-electron chi connectivity index (χ3n) is 4.50. The molecule has 3 aromatic rings. The molecule has 1 aliphatic heterocycles. The second-order valence-electron chi connectivity index (χ2n) is 6.27. The minimum Gasteiger partial charge on any atom is -0.496 e. The number of hydrazone groups is 1. The van der Waals surface area contributed by atoms with Crippen molar-refractivity contribution < 1.29 is 19.1 Å². The lowest BCUT2D eigenvalue weighted by molar-refractivity contribution is -0.136. The van der Waals surface area contributed by atoms with Gasteiger partial charge < -0.3 is 9.47 Å². The maximum absolute atomic E-state index is 12.9. The third-order valence-corrected chi connectivity index (χ3v) is 6.39. The van der Waals surface area contributed by atoms with E-state index in [2.05, 4.69) is 5.10 Å². The predicted molar refractivity (Wildman–Crippen MR) is 113 cm³/mol. The van der Waals surface area contributed by atoms with Gasteiger partial charge in [0.05, 0.1) is 23.7 Å². The number of hydrogen-bond donors (Lipinski definition) is 0. The summed E-state index contributed by atoms with van der Waals surface area (Å²) in [5, 5.41) is 9.95. The molecule has 1 aliphatic rings. The van der Waals surface area contributed by atoms with Crippen molar-refractivity contribution in [2.24, 2.45) is 5.10 Å². The molecule has 1 amide bonds. The summed E-state index contributed by atoms with van der Waals surface area (Å²) in [5.74, 6) is -0.566. The largest absolute Gasteiger partial charge is 0.496 e. The van der Waals surface area contributed by atoms with Crippen LogP contribution in [0.1, 0.15) is 32.6 Å². The number of benzene rings is 1. The predicted octanol–water partition coefficient (Wildman–Crippen LogP) is 4.35. The van der Waals surface area contributed by atoms with Crippen LogP contribution >= 0.6 is 22.7 Å². The first-order valence-corrected chi connectivity index (χ1v) is 10.7. The number of para-hydroxylation sites is 1. The molecule has 4 rings (SSSR count). The molecule has 2 aromatic heterocycles. The van der Waals surface area contributed by atoms with Gasteiger partial charge in [0.25, 0.3) is 5.91 Å². The van der Waals surface area contributed by atoms with Crippen LogP contribution in [-0.4, -0.2) is 36.3 Å². The second kappa shape index (κ2) is 8.59. The number of nitrogens with zero attached hydrogens (tertiary/aromatic N) is 2. The SMILES string of the molecule is COc1ccccc1C(=O)OCC(=O)N1N=C(c2cccs2)CC1c1cccs1. The van der Waals surface area contributed by atoms with E-state index in [1.54, 1.807) is 46.9 Å². The van der Waals surface area contributed by atoms with E-state index in [0.29, 0.717) is 12.2 Å². The van der Waals surface area contributed by atoms with Gasteiger partial charge in [-0.1, -0.05) is 24.3 Å². The van der Waals surface area contributed by atoms with Crippen LogP contribution in [0, 0.1) is 0 Å². The highest BCUT2D eigenvalue weighted by Gasteiger charge is 2.34. The van der Waals surface area contributed by atoms with Crippen molar-refractivity contribution >= 4 is 40.3 Å². The molecule has 0 bridgehead atoms. The fraction of sp³-hybridized carbons (Fsp3) is 0.190. The van der Waals surface area contributed by atoms with Crippen molar-refractivity contribution in [3.63, 3.8) is 0 Å². The lowest BCUT2D eigenvalue weighted by atomic mass is 10.1. The topological polar surface area (TPSA) is 68.2 Å². The second-order valence-corrected chi connectivity index (χ2v) is 8.20. The van der Waals surface area contributed by atoms with Crippen LogP contribution in [0.4, 0.5) is 0 Å². The van der Waals surface area contributed by atoms with Crippen LogP contribution in [0.5, 0.6) is 5.75 Å². The van der Waals surface area contributed by atoms with E-state index in [1.165, 1.54) is 12.1 Å². The van der Waals surface area contributed by atoms with E-state index in [1.807, 2.05) is 35.0 Å². The number of carbonyl (C=O) groups is 2. The highest BCUT2D eigenvalue weighted by Crippen LogP contribution is 2.36. The summed E-state index contributed by atoms with van der Waals surface area (Å²) in [7, 11) is 1.48. The first kappa shape index (κ1) is 19.4. The quantitative estimate of drug-likeness (QED) is 0.550. The summed E-state index contributed by atoms with van der Waals surface area (Å²) in [6.07, 6.45) is 0.632. The first-order chi connectivity index (χ1) is 14.2. The molecule has 0 saturated carbocycles. The maximum atomic E-state index is 12.9. The molecule has 0 spiro atoms. The standard InChI is InChI=1S/C21H18N2O4S2/c1-26-17-7-3-2-6-14(17)21(25)27-13-20(24)23-16(19-9-5-11-29-19)12-15(22-23)18-8-4-10-28-18/h2-11,16H,12-13H2,1H3. The molecule has 148 valence electrons. The number of hydrogen-bond acceptors (Lipinski definition) is 7. The van der Waals surface area contributed by atoms with Crippen molar-refractivity contribution in [2.75, 3.05) is 13.7 Å². The number of esters is 1. The monoisotopic (exact) mass is 426 g/mol. The van der Waals surface area contributed by atoms with Crippen LogP contribution in [-0.2, 0) is 9.53 Å². The van der Waals surface area contributed by atoms with Crippen LogP contribution in [0.2, 0.25) is 0 Å². The average molecular weight is 427 g/mol. The van der Waals surface area contributed by atoms with E-state index >= 15 is 0 Å². The smallest absolute Gasteiger partial charge is 0.342 e. The van der Waals surface area contributed by atoms with Crippen molar-refractivity contribution in [1.82, 2.24) is 5.01 Å². The highest BCUT2D eigenvalue weighted by atomic mass is 32.1. The van der Waals surface area contributed by atoms with Gasteiger partial charge >= 0.3 is 5.97 Å². The fourth-order valence-electron chi connectivity index (χ4n) is 3.12. The van der Waals surface area contributed by atoms with Gasteiger partial charge in [-0.05, 0) is 35.0 Å². The Morgan fingerprint density at radius 1 is 1.10 bits per heavy atom. The number of methoxy groups -OCH3 is 1. The van der Waals surface area contributed by atoms with Gasteiger partial charge in [0.2, 0.25) is 0 Å². The maximum Gasteiger partial charge on any atom is 0.342 e. The minimum absolute atomic E-state index is 0.190. The zero-order chi connectivity index (χ0) is 20.2. The van der Waals surface area contributed by atoms with Crippen LogP contribution < -0.4 is 4.74 Å². The van der Waals surface area contributed by atoms with E-state index in [9.17, 15) is 9.59 Å².